The third kappa shape index (κ3) is 3.37. The summed E-state index contributed by atoms with van der Waals surface area (Å²) in [5.74, 6) is 1.97. The Morgan fingerprint density at radius 1 is 1.04 bits per heavy atom. The third-order valence-electron chi connectivity index (χ3n) is 4.37. The number of carbonyl (C=O) groups is 1. The summed E-state index contributed by atoms with van der Waals surface area (Å²) in [6.07, 6.45) is 4.03. The van der Waals surface area contributed by atoms with Crippen molar-refractivity contribution in [1.29, 1.82) is 0 Å². The lowest BCUT2D eigenvalue weighted by atomic mass is 10.2. The maximum absolute atomic E-state index is 12.3. The van der Waals surface area contributed by atoms with Gasteiger partial charge < -0.3 is 0 Å². The Labute approximate surface area is 145 Å². The van der Waals surface area contributed by atoms with Gasteiger partial charge in [0.15, 0.2) is 11.6 Å². The van der Waals surface area contributed by atoms with Gasteiger partial charge in [0.25, 0.3) is 10.0 Å². The molecule has 1 heterocycles. The summed E-state index contributed by atoms with van der Waals surface area (Å²) in [4.78, 5) is 12.3. The normalized spacial score (nSPS) is 17.3. The monoisotopic (exact) mass is 361 g/mol. The first-order valence-corrected chi connectivity index (χ1v) is 9.78. The number of amides is 2. The molecule has 8 nitrogen and oxygen atoms in total. The van der Waals surface area contributed by atoms with Crippen LogP contribution in [0.15, 0.2) is 29.2 Å². The van der Waals surface area contributed by atoms with Gasteiger partial charge in [-0.15, -0.1) is 10.2 Å². The fourth-order valence-electron chi connectivity index (χ4n) is 2.66. The highest BCUT2D eigenvalue weighted by atomic mass is 32.2. The Kier molecular flexibility index (Phi) is 3.75. The summed E-state index contributed by atoms with van der Waals surface area (Å²) in [6, 6.07) is 5.49. The predicted molar refractivity (Wildman–Crippen MR) is 90.2 cm³/mol. The van der Waals surface area contributed by atoms with Gasteiger partial charge >= 0.3 is 6.03 Å². The standard InChI is InChI=1S/C16H19N5O3S/c1-10-2-8-13(9-3-10)25(23,24)20-16(22)19-21-14(11-4-5-11)17-18-15(21)12-6-7-12/h2-3,8-9,11-12H,4-7H2,1H3,(H2,19,20,22). The van der Waals surface area contributed by atoms with E-state index in [-0.39, 0.29) is 16.7 Å². The van der Waals surface area contributed by atoms with Gasteiger partial charge in [-0.05, 0) is 44.7 Å². The first-order chi connectivity index (χ1) is 11.9. The van der Waals surface area contributed by atoms with Gasteiger partial charge in [-0.25, -0.2) is 28.0 Å². The van der Waals surface area contributed by atoms with E-state index in [2.05, 4.69) is 15.6 Å². The molecule has 0 aliphatic heterocycles. The maximum atomic E-state index is 12.3. The molecule has 0 atom stereocenters. The topological polar surface area (TPSA) is 106 Å². The number of hydrogen-bond acceptors (Lipinski definition) is 5. The molecule has 2 aliphatic rings. The molecule has 132 valence electrons. The van der Waals surface area contributed by atoms with Crippen LogP contribution in [-0.2, 0) is 10.0 Å². The zero-order chi connectivity index (χ0) is 17.6. The number of sulfonamides is 1. The van der Waals surface area contributed by atoms with Crippen LogP contribution in [-0.4, -0.2) is 29.3 Å². The molecule has 2 N–H and O–H groups in total. The van der Waals surface area contributed by atoms with Crippen LogP contribution in [0.3, 0.4) is 0 Å². The molecule has 1 aromatic carbocycles. The van der Waals surface area contributed by atoms with Crippen LogP contribution in [0, 0.1) is 6.92 Å². The van der Waals surface area contributed by atoms with Crippen molar-refractivity contribution in [3.63, 3.8) is 0 Å². The van der Waals surface area contributed by atoms with Crippen LogP contribution in [0.25, 0.3) is 0 Å². The van der Waals surface area contributed by atoms with E-state index in [9.17, 15) is 13.2 Å². The van der Waals surface area contributed by atoms with E-state index in [0.29, 0.717) is 11.6 Å². The van der Waals surface area contributed by atoms with Gasteiger partial charge in [0, 0.05) is 11.8 Å². The van der Waals surface area contributed by atoms with E-state index in [0.717, 1.165) is 31.2 Å². The number of benzene rings is 1. The zero-order valence-corrected chi connectivity index (χ0v) is 14.6. The highest BCUT2D eigenvalue weighted by Crippen LogP contribution is 2.43. The van der Waals surface area contributed by atoms with Crippen LogP contribution in [0.1, 0.15) is 54.7 Å². The van der Waals surface area contributed by atoms with Crippen LogP contribution >= 0.6 is 0 Å². The number of carbonyl (C=O) groups excluding carboxylic acids is 1. The predicted octanol–water partition coefficient (Wildman–Crippen LogP) is 1.98. The third-order valence-corrected chi connectivity index (χ3v) is 5.72. The molecule has 9 heteroatoms. The molecule has 0 unspecified atom stereocenters. The number of rotatable bonds is 5. The average molecular weight is 361 g/mol. The summed E-state index contributed by atoms with van der Waals surface area (Å²) in [7, 11) is -3.93. The van der Waals surface area contributed by atoms with Crippen molar-refractivity contribution in [3.8, 4) is 0 Å². The van der Waals surface area contributed by atoms with Gasteiger partial charge in [-0.2, -0.15) is 0 Å². The Balaban J connectivity index is 1.52. The van der Waals surface area contributed by atoms with Crippen molar-refractivity contribution in [2.24, 2.45) is 0 Å². The van der Waals surface area contributed by atoms with Gasteiger partial charge in [-0.1, -0.05) is 17.7 Å². The molecule has 2 saturated carbocycles. The fraction of sp³-hybridized carbons (Fsp3) is 0.438. The van der Waals surface area contributed by atoms with Crippen molar-refractivity contribution < 1.29 is 13.2 Å². The molecule has 25 heavy (non-hydrogen) atoms. The van der Waals surface area contributed by atoms with Gasteiger partial charge in [0.2, 0.25) is 0 Å². The molecule has 0 spiro atoms. The summed E-state index contributed by atoms with van der Waals surface area (Å²) in [5.41, 5.74) is 3.54. The molecular weight excluding hydrogens is 342 g/mol. The van der Waals surface area contributed by atoms with E-state index in [1.807, 2.05) is 11.6 Å². The van der Waals surface area contributed by atoms with Crippen LogP contribution in [0.2, 0.25) is 0 Å². The SMILES string of the molecule is Cc1ccc(S(=O)(=O)NC(=O)Nn2c(C3CC3)nnc2C2CC2)cc1. The number of urea groups is 1. The minimum absolute atomic E-state index is 0.0434. The van der Waals surface area contributed by atoms with E-state index in [1.165, 1.54) is 12.1 Å². The Morgan fingerprint density at radius 2 is 1.56 bits per heavy atom. The second-order valence-electron chi connectivity index (χ2n) is 6.66. The van der Waals surface area contributed by atoms with E-state index >= 15 is 0 Å². The van der Waals surface area contributed by atoms with Crippen molar-refractivity contribution in [2.45, 2.75) is 49.3 Å². The first-order valence-electron chi connectivity index (χ1n) is 8.30. The Bertz CT molecular complexity index is 882. The van der Waals surface area contributed by atoms with Crippen LogP contribution in [0.5, 0.6) is 0 Å². The average Bonchev–Trinajstić information content (AvgIpc) is 3.47. The lowest BCUT2D eigenvalue weighted by Crippen LogP contribution is -2.39. The first kappa shape index (κ1) is 16.1. The number of nitrogens with one attached hydrogen (secondary N) is 2. The van der Waals surface area contributed by atoms with Crippen molar-refractivity contribution in [2.75, 3.05) is 5.43 Å². The highest BCUT2D eigenvalue weighted by Gasteiger charge is 2.36. The second kappa shape index (κ2) is 5.83. The molecule has 0 bridgehead atoms. The summed E-state index contributed by atoms with van der Waals surface area (Å²) >= 11 is 0. The molecule has 0 saturated heterocycles. The van der Waals surface area contributed by atoms with Crippen molar-refractivity contribution in [1.82, 2.24) is 19.6 Å². The molecule has 4 rings (SSSR count). The minimum atomic E-state index is -3.93. The van der Waals surface area contributed by atoms with Crippen molar-refractivity contribution in [3.05, 3.63) is 41.5 Å². The van der Waals surface area contributed by atoms with Gasteiger partial charge in [-0.3, -0.25) is 0 Å². The largest absolute Gasteiger partial charge is 0.347 e. The Hall–Kier alpha value is -2.42. The fourth-order valence-corrected chi connectivity index (χ4v) is 3.56. The molecular formula is C16H19N5O3S. The van der Waals surface area contributed by atoms with Crippen LogP contribution < -0.4 is 10.1 Å². The van der Waals surface area contributed by atoms with E-state index in [1.54, 1.807) is 16.8 Å². The summed E-state index contributed by atoms with van der Waals surface area (Å²) < 4.78 is 28.3. The van der Waals surface area contributed by atoms with Crippen molar-refractivity contribution >= 4 is 16.1 Å². The zero-order valence-electron chi connectivity index (χ0n) is 13.8. The lowest BCUT2D eigenvalue weighted by Gasteiger charge is -2.12. The molecule has 2 fully saturated rings. The van der Waals surface area contributed by atoms with E-state index < -0.39 is 16.1 Å². The van der Waals surface area contributed by atoms with Crippen LogP contribution in [0.4, 0.5) is 4.79 Å². The second-order valence-corrected chi connectivity index (χ2v) is 8.34. The van der Waals surface area contributed by atoms with Gasteiger partial charge in [0.1, 0.15) is 0 Å². The van der Waals surface area contributed by atoms with Gasteiger partial charge in [0.05, 0.1) is 4.90 Å². The number of hydrogen-bond donors (Lipinski definition) is 2. The number of nitrogens with zero attached hydrogens (tertiary/aromatic N) is 3. The minimum Gasteiger partial charge on any atom is -0.246 e. The smallest absolute Gasteiger partial charge is 0.246 e. The molecule has 0 radical (unpaired) electrons. The quantitative estimate of drug-likeness (QED) is 0.847. The summed E-state index contributed by atoms with van der Waals surface area (Å²) in [6.45, 7) is 1.86. The number of aryl methyl sites for hydroxylation is 1. The highest BCUT2D eigenvalue weighted by molar-refractivity contribution is 7.90. The molecule has 2 aliphatic carbocycles. The summed E-state index contributed by atoms with van der Waals surface area (Å²) in [5, 5.41) is 8.36. The number of aromatic nitrogens is 3. The molecule has 2 amide bonds. The molecule has 1 aromatic heterocycles. The molecule has 2 aromatic rings. The Morgan fingerprint density at radius 3 is 2.04 bits per heavy atom. The lowest BCUT2D eigenvalue weighted by molar-refractivity contribution is 0.253. The maximum Gasteiger partial charge on any atom is 0.347 e. The van der Waals surface area contributed by atoms with E-state index in [4.69, 9.17) is 0 Å².